The molecule has 5 heteroatoms. The van der Waals surface area contributed by atoms with Crippen LogP contribution in [0.4, 0.5) is 15.9 Å². The monoisotopic (exact) mass is 349 g/mol. The fraction of sp³-hybridized carbons (Fsp3) is 0.143. The number of benzene rings is 2. The lowest BCUT2D eigenvalue weighted by Crippen LogP contribution is -2.16. The predicted molar refractivity (Wildman–Crippen MR) is 101 cm³/mol. The van der Waals surface area contributed by atoms with Crippen LogP contribution in [0.3, 0.4) is 0 Å². The molecule has 0 atom stereocenters. The third-order valence-electron chi connectivity index (χ3n) is 4.08. The molecule has 3 aromatic rings. The van der Waals surface area contributed by atoms with Gasteiger partial charge in [0.25, 0.3) is 0 Å². The minimum Gasteiger partial charge on any atom is -0.380 e. The Morgan fingerprint density at radius 1 is 1.00 bits per heavy atom. The number of carbonyl (C=O) groups excluding carboxylic acids is 1. The molecule has 0 radical (unpaired) electrons. The van der Waals surface area contributed by atoms with Gasteiger partial charge in [-0.15, -0.1) is 0 Å². The molecule has 132 valence electrons. The smallest absolute Gasteiger partial charge is 0.230 e. The highest BCUT2D eigenvalue weighted by atomic mass is 19.1. The van der Waals surface area contributed by atoms with E-state index in [1.807, 2.05) is 18.2 Å². The van der Waals surface area contributed by atoms with Crippen molar-refractivity contribution in [2.45, 2.75) is 19.9 Å². The van der Waals surface area contributed by atoms with Crippen LogP contribution in [0.5, 0.6) is 0 Å². The number of halogens is 1. The van der Waals surface area contributed by atoms with Crippen molar-refractivity contribution in [1.29, 1.82) is 0 Å². The average molecular weight is 349 g/mol. The number of aromatic nitrogens is 1. The molecule has 0 aliphatic rings. The van der Waals surface area contributed by atoms with Crippen molar-refractivity contribution in [3.63, 3.8) is 0 Å². The maximum Gasteiger partial charge on any atom is 0.230 e. The van der Waals surface area contributed by atoms with Gasteiger partial charge in [0, 0.05) is 6.54 Å². The Balaban J connectivity index is 1.55. The van der Waals surface area contributed by atoms with Gasteiger partial charge in [-0.1, -0.05) is 42.5 Å². The second kappa shape index (κ2) is 8.25. The van der Waals surface area contributed by atoms with Crippen LogP contribution in [-0.4, -0.2) is 10.9 Å². The zero-order valence-electron chi connectivity index (χ0n) is 14.5. The van der Waals surface area contributed by atoms with Crippen molar-refractivity contribution in [3.8, 4) is 0 Å². The van der Waals surface area contributed by atoms with E-state index in [2.05, 4.69) is 34.7 Å². The molecule has 0 aliphatic heterocycles. The number of anilines is 2. The van der Waals surface area contributed by atoms with E-state index in [-0.39, 0.29) is 18.1 Å². The molecule has 4 nitrogen and oxygen atoms in total. The Kier molecular flexibility index (Phi) is 5.59. The maximum atomic E-state index is 13.6. The van der Waals surface area contributed by atoms with Crippen LogP contribution in [0.2, 0.25) is 0 Å². The number of nitrogens with one attached hydrogen (secondary N) is 2. The number of hydrogen-bond acceptors (Lipinski definition) is 3. The molecule has 0 aliphatic carbocycles. The molecular weight excluding hydrogens is 329 g/mol. The molecule has 0 saturated heterocycles. The van der Waals surface area contributed by atoms with Crippen LogP contribution in [0.1, 0.15) is 16.7 Å². The van der Waals surface area contributed by atoms with E-state index in [1.54, 1.807) is 30.5 Å². The fourth-order valence-electron chi connectivity index (χ4n) is 2.58. The Bertz CT molecular complexity index is 894. The van der Waals surface area contributed by atoms with E-state index in [1.165, 1.54) is 17.2 Å². The van der Waals surface area contributed by atoms with Gasteiger partial charge in [0.15, 0.2) is 0 Å². The Hall–Kier alpha value is -3.21. The van der Waals surface area contributed by atoms with Crippen molar-refractivity contribution in [2.24, 2.45) is 0 Å². The summed E-state index contributed by atoms with van der Waals surface area (Å²) in [4.78, 5) is 16.3. The number of carbonyl (C=O) groups is 1. The molecule has 0 bridgehead atoms. The molecular formula is C21H20FN3O. The topological polar surface area (TPSA) is 54.0 Å². The summed E-state index contributed by atoms with van der Waals surface area (Å²) in [6, 6.07) is 18.0. The summed E-state index contributed by atoms with van der Waals surface area (Å²) in [5.74, 6) is -0.248. The van der Waals surface area contributed by atoms with Crippen LogP contribution in [0.15, 0.2) is 66.9 Å². The number of amides is 1. The highest BCUT2D eigenvalue weighted by Gasteiger charge is 2.08. The molecule has 0 spiro atoms. The zero-order chi connectivity index (χ0) is 18.4. The van der Waals surface area contributed by atoms with Crippen molar-refractivity contribution < 1.29 is 9.18 Å². The van der Waals surface area contributed by atoms with Gasteiger partial charge in [0.1, 0.15) is 11.6 Å². The van der Waals surface area contributed by atoms with Gasteiger partial charge < -0.3 is 10.6 Å². The quantitative estimate of drug-likeness (QED) is 0.697. The summed E-state index contributed by atoms with van der Waals surface area (Å²) in [6.07, 6.45) is 1.64. The largest absolute Gasteiger partial charge is 0.380 e. The third kappa shape index (κ3) is 4.66. The summed E-state index contributed by atoms with van der Waals surface area (Å²) in [7, 11) is 0. The summed E-state index contributed by atoms with van der Waals surface area (Å²) < 4.78 is 13.6. The molecule has 3 rings (SSSR count). The molecule has 0 saturated carbocycles. The number of aryl methyl sites for hydroxylation is 1. The first-order valence-corrected chi connectivity index (χ1v) is 8.39. The van der Waals surface area contributed by atoms with Crippen LogP contribution in [0, 0.1) is 12.7 Å². The fourth-order valence-corrected chi connectivity index (χ4v) is 2.58. The summed E-state index contributed by atoms with van der Waals surface area (Å²) in [6.45, 7) is 2.77. The zero-order valence-corrected chi connectivity index (χ0v) is 14.5. The summed E-state index contributed by atoms with van der Waals surface area (Å²) in [5, 5.41) is 5.99. The highest BCUT2D eigenvalue weighted by Crippen LogP contribution is 2.14. The lowest BCUT2D eigenvalue weighted by atomic mass is 10.1. The molecule has 1 amide bonds. The molecule has 2 N–H and O–H groups in total. The van der Waals surface area contributed by atoms with Crippen molar-refractivity contribution >= 4 is 17.4 Å². The molecule has 26 heavy (non-hydrogen) atoms. The van der Waals surface area contributed by atoms with Crippen LogP contribution in [-0.2, 0) is 17.8 Å². The summed E-state index contributed by atoms with van der Waals surface area (Å²) >= 11 is 0. The lowest BCUT2D eigenvalue weighted by Gasteiger charge is -2.10. The maximum absolute atomic E-state index is 13.6. The van der Waals surface area contributed by atoms with E-state index in [4.69, 9.17) is 0 Å². The Morgan fingerprint density at radius 3 is 2.42 bits per heavy atom. The van der Waals surface area contributed by atoms with E-state index in [0.29, 0.717) is 17.9 Å². The van der Waals surface area contributed by atoms with Gasteiger partial charge in [-0.25, -0.2) is 9.37 Å². The SMILES string of the molecule is Cc1ccccc1CNc1ccc(NC(=O)Cc2ccccc2F)nc1. The van der Waals surface area contributed by atoms with Crippen molar-refractivity contribution in [3.05, 3.63) is 89.4 Å². The van der Waals surface area contributed by atoms with E-state index in [0.717, 1.165) is 5.69 Å². The molecule has 0 unspecified atom stereocenters. The number of hydrogen-bond donors (Lipinski definition) is 2. The third-order valence-corrected chi connectivity index (χ3v) is 4.08. The van der Waals surface area contributed by atoms with E-state index in [9.17, 15) is 9.18 Å². The van der Waals surface area contributed by atoms with Crippen LogP contribution >= 0.6 is 0 Å². The molecule has 0 fully saturated rings. The molecule has 1 heterocycles. The predicted octanol–water partition coefficient (Wildman–Crippen LogP) is 4.32. The first-order chi connectivity index (χ1) is 12.6. The van der Waals surface area contributed by atoms with Gasteiger partial charge >= 0.3 is 0 Å². The van der Waals surface area contributed by atoms with E-state index < -0.39 is 0 Å². The first kappa shape index (κ1) is 17.6. The van der Waals surface area contributed by atoms with Gasteiger partial charge in [0.2, 0.25) is 5.91 Å². The van der Waals surface area contributed by atoms with Gasteiger partial charge in [-0.05, 0) is 41.8 Å². The minimum atomic E-state index is -0.383. The number of rotatable bonds is 6. The second-order valence-electron chi connectivity index (χ2n) is 6.03. The Labute approximate surface area is 152 Å². The standard InChI is InChI=1S/C21H20FN3O/c1-15-6-2-3-8-17(15)13-23-18-10-11-20(24-14-18)25-21(26)12-16-7-4-5-9-19(16)22/h2-11,14,23H,12-13H2,1H3,(H,24,25,26). The normalized spacial score (nSPS) is 10.4. The van der Waals surface area contributed by atoms with Gasteiger partial charge in [-0.2, -0.15) is 0 Å². The van der Waals surface area contributed by atoms with Crippen LogP contribution in [0.25, 0.3) is 0 Å². The van der Waals surface area contributed by atoms with Crippen molar-refractivity contribution in [1.82, 2.24) is 4.98 Å². The Morgan fingerprint density at radius 2 is 1.73 bits per heavy atom. The van der Waals surface area contributed by atoms with Crippen molar-refractivity contribution in [2.75, 3.05) is 10.6 Å². The van der Waals surface area contributed by atoms with E-state index >= 15 is 0 Å². The average Bonchev–Trinajstić information content (AvgIpc) is 2.64. The highest BCUT2D eigenvalue weighted by molar-refractivity contribution is 5.91. The van der Waals surface area contributed by atoms with Gasteiger partial charge in [0.05, 0.1) is 18.3 Å². The minimum absolute atomic E-state index is 0.0262. The molecule has 1 aromatic heterocycles. The molecule has 2 aromatic carbocycles. The lowest BCUT2D eigenvalue weighted by molar-refractivity contribution is -0.115. The first-order valence-electron chi connectivity index (χ1n) is 8.39. The van der Waals surface area contributed by atoms with Gasteiger partial charge in [-0.3, -0.25) is 4.79 Å². The van der Waals surface area contributed by atoms with Crippen LogP contribution < -0.4 is 10.6 Å². The second-order valence-corrected chi connectivity index (χ2v) is 6.03. The number of nitrogens with zero attached hydrogens (tertiary/aromatic N) is 1. The number of pyridine rings is 1. The summed E-state index contributed by atoms with van der Waals surface area (Å²) in [5.41, 5.74) is 3.67.